The van der Waals surface area contributed by atoms with E-state index in [1.807, 2.05) is 0 Å². The zero-order chi connectivity index (χ0) is 16.7. The number of nitrogens with one attached hydrogen (secondary N) is 3. The third kappa shape index (κ3) is 2.13. The van der Waals surface area contributed by atoms with Crippen LogP contribution in [0, 0.1) is 0 Å². The summed E-state index contributed by atoms with van der Waals surface area (Å²) in [5, 5.41) is 15.6. The second-order valence-corrected chi connectivity index (χ2v) is 4.87. The van der Waals surface area contributed by atoms with Crippen molar-refractivity contribution in [3.05, 3.63) is 56.7 Å². The van der Waals surface area contributed by atoms with E-state index in [1.54, 1.807) is 24.3 Å². The quantitative estimate of drug-likeness (QED) is 0.357. The molecular weight excluding hydrogens is 316 g/mol. The van der Waals surface area contributed by atoms with Crippen LogP contribution in [0.15, 0.2) is 44.3 Å². The number of amides is 1. The predicted molar refractivity (Wildman–Crippen MR) is 82.7 cm³/mol. The Morgan fingerprint density at radius 3 is 2.83 bits per heavy atom. The van der Waals surface area contributed by atoms with Gasteiger partial charge in [-0.15, -0.1) is 5.10 Å². The first-order valence-electron chi connectivity index (χ1n) is 6.77. The van der Waals surface area contributed by atoms with E-state index in [0.717, 1.165) is 6.07 Å². The van der Waals surface area contributed by atoms with Gasteiger partial charge in [-0.3, -0.25) is 14.9 Å². The molecule has 1 amide bonds. The average molecular weight is 324 g/mol. The highest BCUT2D eigenvalue weighted by Crippen LogP contribution is 2.18. The van der Waals surface area contributed by atoms with Crippen molar-refractivity contribution in [2.24, 2.45) is 0 Å². The molecule has 0 radical (unpaired) electrons. The fraction of sp³-hybridized carbons (Fsp3) is 0. The van der Waals surface area contributed by atoms with Crippen molar-refractivity contribution in [3.63, 3.8) is 0 Å². The molecular formula is C14H8N6O4. The molecule has 10 heteroatoms. The lowest BCUT2D eigenvalue weighted by atomic mass is 10.1. The van der Waals surface area contributed by atoms with Gasteiger partial charge in [0.05, 0.1) is 5.39 Å². The van der Waals surface area contributed by atoms with Gasteiger partial charge in [0.25, 0.3) is 11.9 Å². The molecule has 0 aliphatic rings. The van der Waals surface area contributed by atoms with Gasteiger partial charge in [0.1, 0.15) is 16.8 Å². The van der Waals surface area contributed by atoms with Gasteiger partial charge in [-0.05, 0) is 11.3 Å². The fourth-order valence-corrected chi connectivity index (χ4v) is 2.40. The number of pyridine rings is 1. The molecule has 4 aromatic rings. The zero-order valence-corrected chi connectivity index (χ0v) is 11.9. The molecule has 0 unspecified atom stereocenters. The molecule has 0 saturated heterocycles. The molecule has 10 nitrogen and oxygen atoms in total. The SMILES string of the molecule is O=C(Nc1nn[nH]n1)c1cc(=O)c2c([nH]1)c(=O)oc1ccccc12. The Labute approximate surface area is 131 Å². The van der Waals surface area contributed by atoms with Crippen LogP contribution in [0.2, 0.25) is 0 Å². The number of hydrogen-bond donors (Lipinski definition) is 3. The van der Waals surface area contributed by atoms with Crippen LogP contribution in [0.5, 0.6) is 0 Å². The van der Waals surface area contributed by atoms with Crippen molar-refractivity contribution in [1.29, 1.82) is 0 Å². The molecule has 4 rings (SSSR count). The van der Waals surface area contributed by atoms with Crippen LogP contribution < -0.4 is 16.4 Å². The smallest absolute Gasteiger partial charge is 0.360 e. The van der Waals surface area contributed by atoms with Crippen molar-refractivity contribution in [3.8, 4) is 0 Å². The number of carbonyl (C=O) groups excluding carboxylic acids is 1. The van der Waals surface area contributed by atoms with Gasteiger partial charge in [-0.25, -0.2) is 4.79 Å². The fourth-order valence-electron chi connectivity index (χ4n) is 2.40. The first-order valence-corrected chi connectivity index (χ1v) is 6.77. The highest BCUT2D eigenvalue weighted by Gasteiger charge is 2.16. The summed E-state index contributed by atoms with van der Waals surface area (Å²) in [5.74, 6) is -0.755. The molecule has 3 N–H and O–H groups in total. The van der Waals surface area contributed by atoms with E-state index in [9.17, 15) is 14.4 Å². The summed E-state index contributed by atoms with van der Waals surface area (Å²) in [6, 6.07) is 7.76. The Bertz CT molecular complexity index is 1190. The molecule has 0 saturated carbocycles. The van der Waals surface area contributed by atoms with E-state index >= 15 is 0 Å². The minimum atomic E-state index is -0.741. The molecule has 0 atom stereocenters. The van der Waals surface area contributed by atoms with E-state index < -0.39 is 17.0 Å². The minimum Gasteiger partial charge on any atom is -0.421 e. The number of anilines is 1. The molecule has 0 aliphatic heterocycles. The van der Waals surface area contributed by atoms with E-state index in [0.29, 0.717) is 11.0 Å². The van der Waals surface area contributed by atoms with Crippen molar-refractivity contribution in [1.82, 2.24) is 25.6 Å². The summed E-state index contributed by atoms with van der Waals surface area (Å²) in [7, 11) is 0. The van der Waals surface area contributed by atoms with Gasteiger partial charge < -0.3 is 9.40 Å². The molecule has 0 aliphatic carbocycles. The van der Waals surface area contributed by atoms with Crippen LogP contribution in [0.3, 0.4) is 0 Å². The Kier molecular flexibility index (Phi) is 2.95. The summed E-state index contributed by atoms with van der Waals surface area (Å²) in [6.07, 6.45) is 0. The van der Waals surface area contributed by atoms with E-state index in [-0.39, 0.29) is 22.5 Å². The largest absolute Gasteiger partial charge is 0.421 e. The summed E-state index contributed by atoms with van der Waals surface area (Å²) < 4.78 is 5.17. The first kappa shape index (κ1) is 13.8. The van der Waals surface area contributed by atoms with Crippen LogP contribution in [-0.2, 0) is 0 Å². The summed E-state index contributed by atoms with van der Waals surface area (Å²) in [4.78, 5) is 39.4. The van der Waals surface area contributed by atoms with Gasteiger partial charge >= 0.3 is 5.63 Å². The van der Waals surface area contributed by atoms with Crippen LogP contribution in [-0.4, -0.2) is 31.5 Å². The third-order valence-corrected chi connectivity index (χ3v) is 3.41. The monoisotopic (exact) mass is 324 g/mol. The second kappa shape index (κ2) is 5.12. The van der Waals surface area contributed by atoms with Gasteiger partial charge in [0.15, 0.2) is 5.43 Å². The maximum atomic E-state index is 12.4. The van der Waals surface area contributed by atoms with Crippen molar-refractivity contribution >= 4 is 33.7 Å². The third-order valence-electron chi connectivity index (χ3n) is 3.41. The van der Waals surface area contributed by atoms with Crippen molar-refractivity contribution in [2.45, 2.75) is 0 Å². The van der Waals surface area contributed by atoms with Crippen molar-refractivity contribution < 1.29 is 9.21 Å². The molecule has 3 heterocycles. The normalized spacial score (nSPS) is 11.0. The lowest BCUT2D eigenvalue weighted by Crippen LogP contribution is -2.20. The standard InChI is InChI=1S/C14H8N6O4/c21-8-5-7(12(22)16-14-17-19-20-18-14)15-11-10(8)6-3-1-2-4-9(6)24-13(11)23/h1-5H,(H,15,21)(H2,16,17,18,19,20,22). The number of aromatic nitrogens is 5. The Balaban J connectivity index is 1.93. The average Bonchev–Trinajstić information content (AvgIpc) is 3.07. The highest BCUT2D eigenvalue weighted by molar-refractivity contribution is 6.06. The Morgan fingerprint density at radius 1 is 1.21 bits per heavy atom. The van der Waals surface area contributed by atoms with Crippen molar-refractivity contribution in [2.75, 3.05) is 5.32 Å². The van der Waals surface area contributed by atoms with Gasteiger partial charge in [-0.2, -0.15) is 5.21 Å². The number of rotatable bonds is 2. The number of H-pyrrole nitrogens is 2. The number of para-hydroxylation sites is 1. The first-order chi connectivity index (χ1) is 11.6. The number of hydrogen-bond acceptors (Lipinski definition) is 7. The lowest BCUT2D eigenvalue weighted by Gasteiger charge is -2.05. The van der Waals surface area contributed by atoms with Gasteiger partial charge in [-0.1, -0.05) is 23.3 Å². The van der Waals surface area contributed by atoms with Gasteiger partial charge in [0, 0.05) is 11.5 Å². The number of aromatic amines is 2. The maximum Gasteiger partial charge on any atom is 0.360 e. The molecule has 24 heavy (non-hydrogen) atoms. The van der Waals surface area contributed by atoms with Crippen LogP contribution in [0.4, 0.5) is 5.95 Å². The molecule has 118 valence electrons. The van der Waals surface area contributed by atoms with Gasteiger partial charge in [0.2, 0.25) is 0 Å². The Morgan fingerprint density at radius 2 is 2.04 bits per heavy atom. The minimum absolute atomic E-state index is 0.0634. The highest BCUT2D eigenvalue weighted by atomic mass is 16.4. The number of nitrogens with zero attached hydrogens (tertiary/aromatic N) is 3. The van der Waals surface area contributed by atoms with E-state index in [2.05, 4.69) is 30.9 Å². The number of fused-ring (bicyclic) bond motifs is 3. The molecule has 1 aromatic carbocycles. The number of tetrazole rings is 1. The zero-order valence-electron chi connectivity index (χ0n) is 11.9. The molecule has 0 fully saturated rings. The van der Waals surface area contributed by atoms with E-state index in [1.165, 1.54) is 0 Å². The summed E-state index contributed by atoms with van der Waals surface area (Å²) in [5.41, 5.74) is -1.13. The number of carbonyl (C=O) groups is 1. The summed E-state index contributed by atoms with van der Waals surface area (Å²) in [6.45, 7) is 0. The molecule has 3 aromatic heterocycles. The molecule has 0 spiro atoms. The van der Waals surface area contributed by atoms with Crippen LogP contribution >= 0.6 is 0 Å². The maximum absolute atomic E-state index is 12.4. The Hall–Kier alpha value is -3.82. The van der Waals surface area contributed by atoms with Crippen LogP contribution in [0.25, 0.3) is 21.9 Å². The van der Waals surface area contributed by atoms with Crippen LogP contribution in [0.1, 0.15) is 10.5 Å². The second-order valence-electron chi connectivity index (χ2n) is 4.87. The number of benzene rings is 1. The van der Waals surface area contributed by atoms with E-state index in [4.69, 9.17) is 4.42 Å². The lowest BCUT2D eigenvalue weighted by molar-refractivity contribution is 0.102. The summed E-state index contributed by atoms with van der Waals surface area (Å²) >= 11 is 0. The molecule has 0 bridgehead atoms. The predicted octanol–water partition coefficient (Wildman–Crippen LogP) is 0.400. The topological polar surface area (TPSA) is 147 Å².